The van der Waals surface area contributed by atoms with E-state index >= 15 is 0 Å². The fraction of sp³-hybridized carbons (Fsp3) is 0.562. The van der Waals surface area contributed by atoms with Gasteiger partial charge in [0, 0.05) is 17.0 Å². The quantitative estimate of drug-likeness (QED) is 0.796. The van der Waals surface area contributed by atoms with Crippen molar-refractivity contribution in [3.05, 3.63) is 23.8 Å². The first-order chi connectivity index (χ1) is 9.65. The van der Waals surface area contributed by atoms with Crippen LogP contribution >= 0.6 is 0 Å². The monoisotopic (exact) mass is 276 g/mol. The van der Waals surface area contributed by atoms with Crippen molar-refractivity contribution in [2.45, 2.75) is 25.7 Å². The van der Waals surface area contributed by atoms with Crippen LogP contribution in [0, 0.1) is 11.8 Å². The number of rotatable bonds is 3. The number of hydrogen-bond acceptors (Lipinski definition) is 4. The number of carbonyl (C=O) groups excluding carboxylic acids is 1. The molecule has 2 unspecified atom stereocenters. The molecule has 1 aromatic rings. The molecule has 2 aliphatic rings. The second kappa shape index (κ2) is 4.69. The van der Waals surface area contributed by atoms with Gasteiger partial charge in [-0.25, -0.2) is 0 Å². The largest absolute Gasteiger partial charge is 0.497 e. The molecule has 4 nitrogen and oxygen atoms in total. The zero-order valence-electron chi connectivity index (χ0n) is 12.1. The highest BCUT2D eigenvalue weighted by atomic mass is 16.5. The van der Waals surface area contributed by atoms with Gasteiger partial charge in [0.25, 0.3) is 0 Å². The van der Waals surface area contributed by atoms with Gasteiger partial charge in [0.1, 0.15) is 11.5 Å². The van der Waals surface area contributed by atoms with E-state index in [0.717, 1.165) is 23.5 Å². The molecule has 0 N–H and O–H groups in total. The van der Waals surface area contributed by atoms with E-state index in [1.807, 2.05) is 25.1 Å². The van der Waals surface area contributed by atoms with Crippen molar-refractivity contribution in [3.63, 3.8) is 0 Å². The minimum atomic E-state index is -0.105. The maximum absolute atomic E-state index is 12.1. The Balaban J connectivity index is 1.96. The third-order valence-corrected chi connectivity index (χ3v) is 4.76. The van der Waals surface area contributed by atoms with Crippen molar-refractivity contribution in [2.75, 3.05) is 20.3 Å². The van der Waals surface area contributed by atoms with Crippen molar-refractivity contribution in [3.8, 4) is 11.5 Å². The van der Waals surface area contributed by atoms with Crippen molar-refractivity contribution in [1.29, 1.82) is 0 Å². The minimum absolute atomic E-state index is 0.0431. The number of fused-ring (bicyclic) bond motifs is 2. The van der Waals surface area contributed by atoms with Gasteiger partial charge in [0.15, 0.2) is 0 Å². The van der Waals surface area contributed by atoms with Crippen LogP contribution in [-0.2, 0) is 14.9 Å². The average Bonchev–Trinajstić information content (AvgIpc) is 3.03. The lowest BCUT2D eigenvalue weighted by Gasteiger charge is -2.27. The summed E-state index contributed by atoms with van der Waals surface area (Å²) in [6.45, 7) is 5.05. The molecule has 1 aromatic carbocycles. The minimum Gasteiger partial charge on any atom is -0.497 e. The zero-order chi connectivity index (χ0) is 14.3. The Morgan fingerprint density at radius 1 is 1.50 bits per heavy atom. The molecule has 20 heavy (non-hydrogen) atoms. The van der Waals surface area contributed by atoms with Gasteiger partial charge in [0.2, 0.25) is 0 Å². The lowest BCUT2D eigenvalue weighted by Crippen LogP contribution is -2.25. The molecule has 3 atom stereocenters. The van der Waals surface area contributed by atoms with Gasteiger partial charge in [-0.2, -0.15) is 0 Å². The molecule has 0 saturated heterocycles. The summed E-state index contributed by atoms with van der Waals surface area (Å²) in [6, 6.07) is 5.87. The summed E-state index contributed by atoms with van der Waals surface area (Å²) in [5, 5.41) is 0. The summed E-state index contributed by atoms with van der Waals surface area (Å²) in [4.78, 5) is 12.1. The Kier molecular flexibility index (Phi) is 3.11. The first-order valence-corrected chi connectivity index (χ1v) is 7.13. The average molecular weight is 276 g/mol. The van der Waals surface area contributed by atoms with Gasteiger partial charge < -0.3 is 14.2 Å². The van der Waals surface area contributed by atoms with E-state index < -0.39 is 0 Å². The molecule has 4 heteroatoms. The van der Waals surface area contributed by atoms with Gasteiger partial charge in [0.05, 0.1) is 26.2 Å². The van der Waals surface area contributed by atoms with E-state index in [1.54, 1.807) is 7.11 Å². The highest BCUT2D eigenvalue weighted by Gasteiger charge is 2.68. The predicted molar refractivity (Wildman–Crippen MR) is 74.1 cm³/mol. The SMILES string of the molecule is CCOC(=O)C1C(C)[C@]12CCOc1cc(OC)ccc12. The van der Waals surface area contributed by atoms with Crippen LogP contribution in [0.3, 0.4) is 0 Å². The van der Waals surface area contributed by atoms with Crippen LogP contribution in [0.2, 0.25) is 0 Å². The molecular weight excluding hydrogens is 256 g/mol. The molecule has 0 aromatic heterocycles. The van der Waals surface area contributed by atoms with E-state index in [-0.39, 0.29) is 17.3 Å². The number of ether oxygens (including phenoxy) is 3. The molecule has 1 aliphatic carbocycles. The third-order valence-electron chi connectivity index (χ3n) is 4.76. The third kappa shape index (κ3) is 1.70. The standard InChI is InChI=1S/C16H20O4/c1-4-19-15(17)14-10(2)16(14)7-8-20-13-9-11(18-3)5-6-12(13)16/h5-6,9-10,14H,4,7-8H2,1-3H3/t10?,14?,16-/m0/s1. The van der Waals surface area contributed by atoms with Crippen molar-refractivity contribution >= 4 is 5.97 Å². The van der Waals surface area contributed by atoms with Gasteiger partial charge in [-0.05, 0) is 25.3 Å². The van der Waals surface area contributed by atoms with E-state index in [1.165, 1.54) is 0 Å². The molecule has 1 fully saturated rings. The summed E-state index contributed by atoms with van der Waals surface area (Å²) in [6.07, 6.45) is 0.872. The van der Waals surface area contributed by atoms with E-state index in [0.29, 0.717) is 19.1 Å². The maximum atomic E-state index is 12.1. The zero-order valence-corrected chi connectivity index (χ0v) is 12.1. The maximum Gasteiger partial charge on any atom is 0.310 e. The summed E-state index contributed by atoms with van der Waals surface area (Å²) in [5.74, 6) is 1.80. The van der Waals surface area contributed by atoms with Crippen LogP contribution in [0.15, 0.2) is 18.2 Å². The Hall–Kier alpha value is -1.71. The second-order valence-corrected chi connectivity index (χ2v) is 5.52. The van der Waals surface area contributed by atoms with Crippen LogP contribution in [-0.4, -0.2) is 26.3 Å². The molecule has 0 amide bonds. The predicted octanol–water partition coefficient (Wildman–Crippen LogP) is 2.54. The molecular formula is C16H20O4. The molecule has 0 bridgehead atoms. The molecule has 1 saturated carbocycles. The van der Waals surface area contributed by atoms with Crippen LogP contribution in [0.5, 0.6) is 11.5 Å². The first kappa shape index (κ1) is 13.3. The lowest BCUT2D eigenvalue weighted by molar-refractivity contribution is -0.145. The normalized spacial score (nSPS) is 30.4. The van der Waals surface area contributed by atoms with Gasteiger partial charge in [-0.15, -0.1) is 0 Å². The van der Waals surface area contributed by atoms with Crippen LogP contribution in [0.4, 0.5) is 0 Å². The van der Waals surface area contributed by atoms with Crippen molar-refractivity contribution < 1.29 is 19.0 Å². The van der Waals surface area contributed by atoms with E-state index in [9.17, 15) is 4.79 Å². The van der Waals surface area contributed by atoms with Crippen LogP contribution < -0.4 is 9.47 Å². The molecule has 3 rings (SSSR count). The summed E-state index contributed by atoms with van der Waals surface area (Å²) >= 11 is 0. The number of esters is 1. The van der Waals surface area contributed by atoms with Gasteiger partial charge in [-0.1, -0.05) is 13.0 Å². The molecule has 0 radical (unpaired) electrons. The van der Waals surface area contributed by atoms with Crippen molar-refractivity contribution in [1.82, 2.24) is 0 Å². The number of carbonyl (C=O) groups is 1. The first-order valence-electron chi connectivity index (χ1n) is 7.13. The topological polar surface area (TPSA) is 44.8 Å². The second-order valence-electron chi connectivity index (χ2n) is 5.52. The van der Waals surface area contributed by atoms with E-state index in [4.69, 9.17) is 14.2 Å². The Labute approximate surface area is 119 Å². The molecule has 1 heterocycles. The fourth-order valence-corrected chi connectivity index (χ4v) is 3.67. The smallest absolute Gasteiger partial charge is 0.310 e. The highest BCUT2D eigenvalue weighted by Crippen LogP contribution is 2.65. The summed E-state index contributed by atoms with van der Waals surface area (Å²) in [7, 11) is 1.64. The van der Waals surface area contributed by atoms with E-state index in [2.05, 4.69) is 6.92 Å². The van der Waals surface area contributed by atoms with Crippen LogP contribution in [0.25, 0.3) is 0 Å². The Morgan fingerprint density at radius 3 is 3.00 bits per heavy atom. The summed E-state index contributed by atoms with van der Waals surface area (Å²) in [5.41, 5.74) is 1.02. The van der Waals surface area contributed by atoms with Crippen LogP contribution in [0.1, 0.15) is 25.8 Å². The highest BCUT2D eigenvalue weighted by molar-refractivity contribution is 5.81. The number of methoxy groups -OCH3 is 1. The van der Waals surface area contributed by atoms with Crippen molar-refractivity contribution in [2.24, 2.45) is 11.8 Å². The molecule has 1 aliphatic heterocycles. The molecule has 108 valence electrons. The number of benzene rings is 1. The molecule has 1 spiro atoms. The number of hydrogen-bond donors (Lipinski definition) is 0. The Bertz CT molecular complexity index is 539. The fourth-order valence-electron chi connectivity index (χ4n) is 3.67. The Morgan fingerprint density at radius 2 is 2.30 bits per heavy atom. The lowest BCUT2D eigenvalue weighted by atomic mass is 9.86. The van der Waals surface area contributed by atoms with Gasteiger partial charge in [-0.3, -0.25) is 4.79 Å². The summed E-state index contributed by atoms with van der Waals surface area (Å²) < 4.78 is 16.2. The van der Waals surface area contributed by atoms with Gasteiger partial charge >= 0.3 is 5.97 Å².